The van der Waals surface area contributed by atoms with E-state index in [2.05, 4.69) is 52.6 Å². The number of likely N-dealkylation sites (N-methyl/N-ethyl adjacent to an activating group) is 1. The largest absolute Gasteiger partial charge is 0.507 e. The Morgan fingerprint density at radius 3 is 2.59 bits per heavy atom. The molecule has 0 spiro atoms. The van der Waals surface area contributed by atoms with Gasteiger partial charge >= 0.3 is 0 Å². The maximum atomic E-state index is 10.4. The number of piperidine rings is 1. The van der Waals surface area contributed by atoms with Gasteiger partial charge in [-0.05, 0) is 64.0 Å². The Labute approximate surface area is 160 Å². The predicted octanol–water partition coefficient (Wildman–Crippen LogP) is 4.13. The molecular formula is C22H26N4O. The zero-order valence-corrected chi connectivity index (χ0v) is 16.2. The van der Waals surface area contributed by atoms with Gasteiger partial charge in [-0.15, -0.1) is 10.2 Å². The Kier molecular flexibility index (Phi) is 4.70. The smallest absolute Gasteiger partial charge is 0.156 e. The lowest BCUT2D eigenvalue weighted by Gasteiger charge is -2.30. The number of hydrogen-bond donors (Lipinski definition) is 2. The van der Waals surface area contributed by atoms with Gasteiger partial charge in [-0.2, -0.15) is 0 Å². The summed E-state index contributed by atoms with van der Waals surface area (Å²) >= 11 is 0. The van der Waals surface area contributed by atoms with Gasteiger partial charge < -0.3 is 15.3 Å². The highest BCUT2D eigenvalue weighted by Crippen LogP contribution is 2.35. The number of anilines is 1. The Balaban J connectivity index is 1.80. The SMILES string of the molecule is Cc1ccc(-c2nnc(N[C@@H]3CCCN(C)C3)c3ccc(C)cc23)c(O)c1. The summed E-state index contributed by atoms with van der Waals surface area (Å²) in [7, 11) is 2.16. The van der Waals surface area contributed by atoms with E-state index in [4.69, 9.17) is 0 Å². The molecule has 140 valence electrons. The molecule has 1 atom stereocenters. The Hall–Kier alpha value is -2.66. The van der Waals surface area contributed by atoms with Crippen molar-refractivity contribution < 1.29 is 5.11 Å². The second-order valence-electron chi connectivity index (χ2n) is 7.71. The highest BCUT2D eigenvalue weighted by atomic mass is 16.3. The number of nitrogens with zero attached hydrogens (tertiary/aromatic N) is 3. The number of aromatic hydroxyl groups is 1. The first-order valence-corrected chi connectivity index (χ1v) is 9.53. The number of aromatic nitrogens is 2. The second-order valence-corrected chi connectivity index (χ2v) is 7.71. The van der Waals surface area contributed by atoms with Crippen LogP contribution in [0.1, 0.15) is 24.0 Å². The molecule has 0 amide bonds. The van der Waals surface area contributed by atoms with E-state index in [1.54, 1.807) is 6.07 Å². The maximum Gasteiger partial charge on any atom is 0.156 e. The summed E-state index contributed by atoms with van der Waals surface area (Å²) < 4.78 is 0. The van der Waals surface area contributed by atoms with Crippen molar-refractivity contribution in [3.05, 3.63) is 47.5 Å². The molecule has 5 nitrogen and oxygen atoms in total. The molecule has 2 N–H and O–H groups in total. The molecule has 2 aromatic carbocycles. The first-order valence-electron chi connectivity index (χ1n) is 9.53. The van der Waals surface area contributed by atoms with Crippen molar-refractivity contribution in [2.75, 3.05) is 25.5 Å². The summed E-state index contributed by atoms with van der Waals surface area (Å²) in [6, 6.07) is 12.4. The Morgan fingerprint density at radius 1 is 1.04 bits per heavy atom. The topological polar surface area (TPSA) is 61.3 Å². The number of fused-ring (bicyclic) bond motifs is 1. The number of hydrogen-bond acceptors (Lipinski definition) is 5. The van der Waals surface area contributed by atoms with Crippen LogP contribution in [0.2, 0.25) is 0 Å². The van der Waals surface area contributed by atoms with Gasteiger partial charge in [0, 0.05) is 28.9 Å². The van der Waals surface area contributed by atoms with Crippen molar-refractivity contribution in [1.82, 2.24) is 15.1 Å². The van der Waals surface area contributed by atoms with Gasteiger partial charge in [0.2, 0.25) is 0 Å². The van der Waals surface area contributed by atoms with Gasteiger partial charge in [0.1, 0.15) is 11.4 Å². The van der Waals surface area contributed by atoms with Crippen LogP contribution in [-0.4, -0.2) is 46.4 Å². The van der Waals surface area contributed by atoms with Crippen molar-refractivity contribution in [2.45, 2.75) is 32.7 Å². The van der Waals surface area contributed by atoms with E-state index < -0.39 is 0 Å². The van der Waals surface area contributed by atoms with E-state index in [0.29, 0.717) is 11.6 Å². The molecule has 1 aliphatic heterocycles. The molecule has 0 bridgehead atoms. The lowest BCUT2D eigenvalue weighted by Crippen LogP contribution is -2.40. The van der Waals surface area contributed by atoms with E-state index in [-0.39, 0.29) is 5.75 Å². The Bertz CT molecular complexity index is 985. The summed E-state index contributed by atoms with van der Waals surface area (Å²) in [4.78, 5) is 2.35. The second kappa shape index (κ2) is 7.16. The van der Waals surface area contributed by atoms with Crippen LogP contribution in [0.3, 0.4) is 0 Å². The molecule has 0 unspecified atom stereocenters. The molecule has 27 heavy (non-hydrogen) atoms. The van der Waals surface area contributed by atoms with E-state index in [1.165, 1.54) is 6.42 Å². The number of rotatable bonds is 3. The average Bonchev–Trinajstić information content (AvgIpc) is 2.62. The number of benzene rings is 2. The monoisotopic (exact) mass is 362 g/mol. The zero-order chi connectivity index (χ0) is 19.0. The van der Waals surface area contributed by atoms with Crippen molar-refractivity contribution >= 4 is 16.6 Å². The maximum absolute atomic E-state index is 10.4. The van der Waals surface area contributed by atoms with Gasteiger partial charge in [-0.1, -0.05) is 23.8 Å². The molecule has 1 aromatic heterocycles. The van der Waals surface area contributed by atoms with Crippen LogP contribution in [0.15, 0.2) is 36.4 Å². The molecule has 4 rings (SSSR count). The van der Waals surface area contributed by atoms with E-state index in [0.717, 1.165) is 52.9 Å². The normalized spacial score (nSPS) is 18.0. The third kappa shape index (κ3) is 3.60. The van der Waals surface area contributed by atoms with Crippen LogP contribution in [0.25, 0.3) is 22.0 Å². The molecule has 2 heterocycles. The number of nitrogens with one attached hydrogen (secondary N) is 1. The summed E-state index contributed by atoms with van der Waals surface area (Å²) in [6.45, 7) is 6.19. The lowest BCUT2D eigenvalue weighted by atomic mass is 10.0. The Morgan fingerprint density at radius 2 is 1.81 bits per heavy atom. The first kappa shape index (κ1) is 17.7. The zero-order valence-electron chi connectivity index (χ0n) is 16.2. The van der Waals surface area contributed by atoms with E-state index in [9.17, 15) is 5.11 Å². The van der Waals surface area contributed by atoms with E-state index in [1.807, 2.05) is 19.1 Å². The van der Waals surface area contributed by atoms with Crippen LogP contribution >= 0.6 is 0 Å². The van der Waals surface area contributed by atoms with Gasteiger partial charge in [-0.25, -0.2) is 0 Å². The summed E-state index contributed by atoms with van der Waals surface area (Å²) in [5.74, 6) is 1.06. The number of aryl methyl sites for hydroxylation is 2. The highest BCUT2D eigenvalue weighted by Gasteiger charge is 2.20. The molecule has 0 radical (unpaired) electrons. The fourth-order valence-corrected chi connectivity index (χ4v) is 3.89. The van der Waals surface area contributed by atoms with Gasteiger partial charge in [-0.3, -0.25) is 0 Å². The lowest BCUT2D eigenvalue weighted by molar-refractivity contribution is 0.261. The third-order valence-electron chi connectivity index (χ3n) is 5.31. The van der Waals surface area contributed by atoms with Crippen molar-refractivity contribution in [3.63, 3.8) is 0 Å². The van der Waals surface area contributed by atoms with Crippen LogP contribution in [0.4, 0.5) is 5.82 Å². The fraction of sp³-hybridized carbons (Fsp3) is 0.364. The standard InChI is InChI=1S/C22H26N4O/c1-14-6-8-17-19(11-14)21(18-9-7-15(2)12-20(18)27)24-25-22(17)23-16-5-4-10-26(3)13-16/h6-9,11-12,16,27H,4-5,10,13H2,1-3H3,(H,23,25)/t16-/m1/s1. The van der Waals surface area contributed by atoms with Crippen molar-refractivity contribution in [3.8, 4) is 17.0 Å². The molecule has 0 saturated carbocycles. The third-order valence-corrected chi connectivity index (χ3v) is 5.31. The number of phenols is 1. The van der Waals surface area contributed by atoms with Crippen molar-refractivity contribution in [1.29, 1.82) is 0 Å². The minimum atomic E-state index is 0.238. The fourth-order valence-electron chi connectivity index (χ4n) is 3.89. The van der Waals surface area contributed by atoms with Gasteiger partial charge in [0.15, 0.2) is 5.82 Å². The molecule has 5 heteroatoms. The van der Waals surface area contributed by atoms with Gasteiger partial charge in [0.25, 0.3) is 0 Å². The van der Waals surface area contributed by atoms with Crippen LogP contribution in [0.5, 0.6) is 5.75 Å². The number of likely N-dealkylation sites (tertiary alicyclic amines) is 1. The minimum absolute atomic E-state index is 0.238. The molecule has 1 aliphatic rings. The molecular weight excluding hydrogens is 336 g/mol. The minimum Gasteiger partial charge on any atom is -0.507 e. The quantitative estimate of drug-likeness (QED) is 0.734. The highest BCUT2D eigenvalue weighted by molar-refractivity contribution is 6.01. The van der Waals surface area contributed by atoms with E-state index >= 15 is 0 Å². The van der Waals surface area contributed by atoms with Crippen LogP contribution < -0.4 is 5.32 Å². The first-order chi connectivity index (χ1) is 13.0. The average molecular weight is 362 g/mol. The predicted molar refractivity (Wildman–Crippen MR) is 110 cm³/mol. The molecule has 1 fully saturated rings. The molecule has 3 aromatic rings. The molecule has 1 saturated heterocycles. The molecule has 0 aliphatic carbocycles. The summed E-state index contributed by atoms with van der Waals surface area (Å²) in [6.07, 6.45) is 2.33. The van der Waals surface area contributed by atoms with Crippen molar-refractivity contribution in [2.24, 2.45) is 0 Å². The number of phenolic OH excluding ortho intramolecular Hbond substituents is 1. The van der Waals surface area contributed by atoms with Crippen LogP contribution in [0, 0.1) is 13.8 Å². The summed E-state index contributed by atoms with van der Waals surface area (Å²) in [5, 5.41) is 25.1. The van der Waals surface area contributed by atoms with Gasteiger partial charge in [0.05, 0.1) is 0 Å². The van der Waals surface area contributed by atoms with Crippen LogP contribution in [-0.2, 0) is 0 Å². The summed E-state index contributed by atoms with van der Waals surface area (Å²) in [5.41, 5.74) is 3.61.